The van der Waals surface area contributed by atoms with Gasteiger partial charge >= 0.3 is 0 Å². The minimum atomic E-state index is 0.237. The zero-order valence-electron chi connectivity index (χ0n) is 11.8. The Balaban J connectivity index is 1.85. The second kappa shape index (κ2) is 6.01. The molecule has 1 saturated heterocycles. The molecule has 0 aliphatic carbocycles. The van der Waals surface area contributed by atoms with Gasteiger partial charge in [-0.2, -0.15) is 0 Å². The van der Waals surface area contributed by atoms with E-state index in [0.29, 0.717) is 18.9 Å². The highest BCUT2D eigenvalue weighted by molar-refractivity contribution is 14.1. The lowest BCUT2D eigenvalue weighted by Gasteiger charge is -2.30. The highest BCUT2D eigenvalue weighted by Gasteiger charge is 2.29. The van der Waals surface area contributed by atoms with Crippen LogP contribution in [0.4, 0.5) is 0 Å². The van der Waals surface area contributed by atoms with E-state index in [1.165, 1.54) is 11.5 Å². The molecule has 0 saturated carbocycles. The maximum Gasteiger partial charge on any atom is 0.222 e. The Labute approximate surface area is 132 Å². The summed E-state index contributed by atoms with van der Waals surface area (Å²) in [6, 6.07) is 0. The van der Waals surface area contributed by atoms with E-state index in [2.05, 4.69) is 27.2 Å². The van der Waals surface area contributed by atoms with Crippen LogP contribution >= 0.6 is 22.6 Å². The lowest BCUT2D eigenvalue weighted by molar-refractivity contribution is -0.132. The van der Waals surface area contributed by atoms with Crippen molar-refractivity contribution >= 4 is 28.5 Å². The summed E-state index contributed by atoms with van der Waals surface area (Å²) in [5.41, 5.74) is 1.21. The summed E-state index contributed by atoms with van der Waals surface area (Å²) < 4.78 is 8.84. The number of hydrogen-bond acceptors (Lipinski definition) is 3. The van der Waals surface area contributed by atoms with Gasteiger partial charge in [0.05, 0.1) is 12.2 Å². The largest absolute Gasteiger partial charge is 0.381 e. The number of ether oxygens (including phenoxy) is 1. The highest BCUT2D eigenvalue weighted by Crippen LogP contribution is 2.30. The third-order valence-corrected chi connectivity index (χ3v) is 5.09. The third kappa shape index (κ3) is 2.59. The number of imidazole rings is 1. The number of hydrogen-bond donors (Lipinski definition) is 0. The van der Waals surface area contributed by atoms with E-state index >= 15 is 0 Å². The molecular weight excluding hydrogens is 369 g/mol. The average molecular weight is 389 g/mol. The van der Waals surface area contributed by atoms with Crippen molar-refractivity contribution in [1.82, 2.24) is 14.5 Å². The van der Waals surface area contributed by atoms with Gasteiger partial charge in [0.25, 0.3) is 0 Å². The molecule has 0 radical (unpaired) electrons. The molecule has 110 valence electrons. The van der Waals surface area contributed by atoms with Crippen molar-refractivity contribution in [2.24, 2.45) is 0 Å². The van der Waals surface area contributed by atoms with Gasteiger partial charge in [0.1, 0.15) is 9.53 Å². The molecule has 5 nitrogen and oxygen atoms in total. The van der Waals surface area contributed by atoms with Crippen molar-refractivity contribution in [3.05, 3.63) is 15.2 Å². The average Bonchev–Trinajstić information content (AvgIpc) is 2.84. The molecule has 1 aromatic rings. The molecule has 1 amide bonds. The van der Waals surface area contributed by atoms with Gasteiger partial charge in [0.2, 0.25) is 5.91 Å². The van der Waals surface area contributed by atoms with Crippen molar-refractivity contribution in [3.8, 4) is 0 Å². The maximum absolute atomic E-state index is 11.9. The van der Waals surface area contributed by atoms with Crippen molar-refractivity contribution in [1.29, 1.82) is 0 Å². The van der Waals surface area contributed by atoms with Crippen LogP contribution in [0.15, 0.2) is 0 Å². The van der Waals surface area contributed by atoms with E-state index in [4.69, 9.17) is 9.72 Å². The fourth-order valence-corrected chi connectivity index (χ4v) is 3.77. The predicted octanol–water partition coefficient (Wildman–Crippen LogP) is 2.13. The van der Waals surface area contributed by atoms with Crippen molar-refractivity contribution in [2.75, 3.05) is 19.8 Å². The van der Waals surface area contributed by atoms with Crippen LogP contribution in [0, 0.1) is 3.70 Å². The molecule has 0 atom stereocenters. The van der Waals surface area contributed by atoms with E-state index < -0.39 is 0 Å². The molecule has 0 unspecified atom stereocenters. The number of fused-ring (bicyclic) bond motifs is 1. The number of rotatable bonds is 2. The zero-order chi connectivity index (χ0) is 14.1. The Morgan fingerprint density at radius 3 is 2.85 bits per heavy atom. The topological polar surface area (TPSA) is 47.4 Å². The van der Waals surface area contributed by atoms with Crippen LogP contribution in [0.1, 0.15) is 43.6 Å². The fraction of sp³-hybridized carbons (Fsp3) is 0.714. The lowest BCUT2D eigenvalue weighted by atomic mass is 9.99. The van der Waals surface area contributed by atoms with Crippen LogP contribution < -0.4 is 0 Å². The first-order chi connectivity index (χ1) is 9.70. The number of carbonyl (C=O) groups is 1. The zero-order valence-corrected chi connectivity index (χ0v) is 13.9. The fourth-order valence-electron chi connectivity index (χ4n) is 3.06. The summed E-state index contributed by atoms with van der Waals surface area (Å²) >= 11 is 2.30. The molecule has 6 heteroatoms. The first-order valence-corrected chi connectivity index (χ1v) is 8.39. The first kappa shape index (κ1) is 14.3. The van der Waals surface area contributed by atoms with Crippen LogP contribution in [0.2, 0.25) is 0 Å². The van der Waals surface area contributed by atoms with Gasteiger partial charge in [-0.3, -0.25) is 4.79 Å². The summed E-state index contributed by atoms with van der Waals surface area (Å²) in [6.45, 7) is 5.99. The van der Waals surface area contributed by atoms with Crippen molar-refractivity contribution < 1.29 is 9.53 Å². The normalized spacial score (nSPS) is 20.0. The van der Waals surface area contributed by atoms with Crippen LogP contribution in [0.25, 0.3) is 0 Å². The Bertz CT molecular complexity index is 509. The van der Waals surface area contributed by atoms with E-state index in [-0.39, 0.29) is 5.91 Å². The maximum atomic E-state index is 11.9. The first-order valence-electron chi connectivity index (χ1n) is 7.31. The number of carbonyl (C=O) groups excluding carboxylic acids is 1. The number of aromatic nitrogens is 2. The van der Waals surface area contributed by atoms with Gasteiger partial charge in [-0.05, 0) is 35.4 Å². The van der Waals surface area contributed by atoms with E-state index in [0.717, 1.165) is 42.8 Å². The number of nitrogens with zero attached hydrogens (tertiary/aromatic N) is 3. The molecule has 2 aliphatic rings. The standard InChI is InChI=1S/C14H20IN3O2/c1-2-12(19)17-5-6-18-11(9-17)13(15)16-14(18)10-3-7-20-8-4-10/h10H,2-9H2,1H3. The predicted molar refractivity (Wildman–Crippen MR) is 83.4 cm³/mol. The monoisotopic (exact) mass is 389 g/mol. The molecule has 0 spiro atoms. The van der Waals surface area contributed by atoms with Crippen LogP contribution in [0.3, 0.4) is 0 Å². The summed E-state index contributed by atoms with van der Waals surface area (Å²) in [5, 5.41) is 0. The van der Waals surface area contributed by atoms with Gasteiger partial charge in [0, 0.05) is 38.6 Å². The van der Waals surface area contributed by atoms with Crippen molar-refractivity contribution in [3.63, 3.8) is 0 Å². The van der Waals surface area contributed by atoms with E-state index in [9.17, 15) is 4.79 Å². The van der Waals surface area contributed by atoms with Gasteiger partial charge in [-0.15, -0.1) is 0 Å². The molecule has 3 heterocycles. The summed E-state index contributed by atoms with van der Waals surface area (Å²) in [4.78, 5) is 18.6. The van der Waals surface area contributed by atoms with Crippen LogP contribution in [-0.2, 0) is 22.6 Å². The van der Waals surface area contributed by atoms with Crippen LogP contribution in [-0.4, -0.2) is 40.1 Å². The summed E-state index contributed by atoms with van der Waals surface area (Å²) in [7, 11) is 0. The third-order valence-electron chi connectivity index (χ3n) is 4.23. The Morgan fingerprint density at radius 1 is 1.40 bits per heavy atom. The quantitative estimate of drug-likeness (QED) is 0.729. The smallest absolute Gasteiger partial charge is 0.222 e. The second-order valence-corrected chi connectivity index (χ2v) is 6.44. The Morgan fingerprint density at radius 2 is 2.15 bits per heavy atom. The summed E-state index contributed by atoms with van der Waals surface area (Å²) in [5.74, 6) is 1.96. The lowest BCUT2D eigenvalue weighted by Crippen LogP contribution is -2.38. The van der Waals surface area contributed by atoms with Crippen molar-refractivity contribution in [2.45, 2.75) is 45.2 Å². The Hall–Kier alpha value is -0.630. The molecule has 1 aromatic heterocycles. The molecule has 20 heavy (non-hydrogen) atoms. The second-order valence-electron chi connectivity index (χ2n) is 5.41. The van der Waals surface area contributed by atoms with E-state index in [1.54, 1.807) is 0 Å². The van der Waals surface area contributed by atoms with E-state index in [1.807, 2.05) is 11.8 Å². The molecule has 0 bridgehead atoms. The number of halogens is 1. The summed E-state index contributed by atoms with van der Waals surface area (Å²) in [6.07, 6.45) is 2.70. The minimum Gasteiger partial charge on any atom is -0.381 e. The van der Waals surface area contributed by atoms with Gasteiger partial charge < -0.3 is 14.2 Å². The molecule has 2 aliphatic heterocycles. The number of amides is 1. The molecule has 3 rings (SSSR count). The molecule has 0 N–H and O–H groups in total. The minimum absolute atomic E-state index is 0.237. The molecular formula is C14H20IN3O2. The van der Waals surface area contributed by atoms with Gasteiger partial charge in [-0.25, -0.2) is 4.98 Å². The Kier molecular flexibility index (Phi) is 4.30. The van der Waals surface area contributed by atoms with Crippen LogP contribution in [0.5, 0.6) is 0 Å². The highest BCUT2D eigenvalue weighted by atomic mass is 127. The molecule has 0 aromatic carbocycles. The van der Waals surface area contributed by atoms with Gasteiger partial charge in [-0.1, -0.05) is 6.92 Å². The molecule has 1 fully saturated rings. The SMILES string of the molecule is CCC(=O)N1CCn2c(C3CCOCC3)nc(I)c2C1. The van der Waals surface area contributed by atoms with Gasteiger partial charge in [0.15, 0.2) is 0 Å².